The van der Waals surface area contributed by atoms with Gasteiger partial charge >= 0.3 is 0 Å². The fourth-order valence-electron chi connectivity index (χ4n) is 7.96. The van der Waals surface area contributed by atoms with Crippen molar-refractivity contribution >= 4 is 0 Å². The Morgan fingerprint density at radius 3 is 2.36 bits per heavy atom. The van der Waals surface area contributed by atoms with Gasteiger partial charge in [-0.25, -0.2) is 0 Å². The lowest BCUT2D eigenvalue weighted by atomic mass is 9.43. The van der Waals surface area contributed by atoms with Gasteiger partial charge in [0.15, 0.2) is 0 Å². The predicted octanol–water partition coefficient (Wildman–Crippen LogP) is 7.33. The molecule has 0 spiro atoms. The summed E-state index contributed by atoms with van der Waals surface area (Å²) in [4.78, 5) is 0. The van der Waals surface area contributed by atoms with Crippen LogP contribution in [-0.4, -0.2) is 11.2 Å². The van der Waals surface area contributed by atoms with E-state index in [0.29, 0.717) is 16.7 Å². The summed E-state index contributed by atoms with van der Waals surface area (Å²) in [6, 6.07) is 0. The number of fused-ring (bicyclic) bond motifs is 5. The Bertz CT molecular complexity index is 628. The second kappa shape index (κ2) is 7.78. The van der Waals surface area contributed by atoms with E-state index in [1.165, 1.54) is 44.9 Å². The first-order valence-corrected chi connectivity index (χ1v) is 11.7. The average molecular weight is 385 g/mol. The largest absolute Gasteiger partial charge is 0.392 e. The quantitative estimate of drug-likeness (QED) is 0.494. The van der Waals surface area contributed by atoms with Crippen molar-refractivity contribution in [2.75, 3.05) is 0 Å². The Labute approximate surface area is 174 Å². The van der Waals surface area contributed by atoms with Crippen molar-refractivity contribution in [3.05, 3.63) is 37.0 Å². The maximum atomic E-state index is 10.6. The minimum absolute atomic E-state index is 0.0260. The van der Waals surface area contributed by atoms with Gasteiger partial charge in [-0.3, -0.25) is 0 Å². The smallest absolute Gasteiger partial charge is 0.0628 e. The third kappa shape index (κ3) is 3.08. The molecule has 1 nitrogen and oxygen atoms in total. The van der Waals surface area contributed by atoms with Gasteiger partial charge in [0.2, 0.25) is 0 Å². The standard InChI is InChI=1S/C25H40O.C2H4/c1-6-7-8-17-9-10-20-21-12-11-18-19(13-14-22(26)23(18,2)3)25(21,5)16-15-24(17,20)4;1-2/h6-7,11,17,19-22,26H,8-10,12-16H2,1-5H3;1-2H2/b7-6+;. The molecule has 4 aliphatic carbocycles. The summed E-state index contributed by atoms with van der Waals surface area (Å²) in [5.41, 5.74) is 2.59. The lowest BCUT2D eigenvalue weighted by molar-refractivity contribution is -0.0906. The van der Waals surface area contributed by atoms with Crippen LogP contribution in [0.3, 0.4) is 0 Å². The molecule has 7 atom stereocenters. The summed E-state index contributed by atoms with van der Waals surface area (Å²) in [7, 11) is 0. The van der Waals surface area contributed by atoms with E-state index in [1.807, 2.05) is 0 Å². The maximum Gasteiger partial charge on any atom is 0.0628 e. The van der Waals surface area contributed by atoms with Gasteiger partial charge in [-0.2, -0.15) is 0 Å². The zero-order valence-electron chi connectivity index (χ0n) is 19.1. The number of hydrogen-bond acceptors (Lipinski definition) is 1. The molecule has 4 aliphatic rings. The van der Waals surface area contributed by atoms with Crippen molar-refractivity contribution in [3.8, 4) is 0 Å². The molecule has 158 valence electrons. The molecule has 7 unspecified atom stereocenters. The van der Waals surface area contributed by atoms with E-state index in [2.05, 4.69) is 66.0 Å². The second-order valence-corrected chi connectivity index (χ2v) is 11.1. The summed E-state index contributed by atoms with van der Waals surface area (Å²) in [6.07, 6.45) is 17.5. The normalized spacial score (nSPS) is 46.6. The minimum Gasteiger partial charge on any atom is -0.392 e. The first-order valence-electron chi connectivity index (χ1n) is 11.7. The summed E-state index contributed by atoms with van der Waals surface area (Å²) in [5, 5.41) is 10.6. The highest BCUT2D eigenvalue weighted by atomic mass is 16.3. The lowest BCUT2D eigenvalue weighted by Gasteiger charge is -2.61. The van der Waals surface area contributed by atoms with Crippen LogP contribution in [0.2, 0.25) is 0 Å². The van der Waals surface area contributed by atoms with Crippen molar-refractivity contribution in [2.45, 2.75) is 92.1 Å². The van der Waals surface area contributed by atoms with Gasteiger partial charge in [0.1, 0.15) is 0 Å². The zero-order valence-corrected chi connectivity index (χ0v) is 19.1. The fraction of sp³-hybridized carbons (Fsp3) is 0.778. The van der Waals surface area contributed by atoms with Crippen molar-refractivity contribution < 1.29 is 5.11 Å². The van der Waals surface area contributed by atoms with Crippen LogP contribution in [0.5, 0.6) is 0 Å². The van der Waals surface area contributed by atoms with Gasteiger partial charge in [-0.05, 0) is 92.8 Å². The third-order valence-corrected chi connectivity index (χ3v) is 9.87. The van der Waals surface area contributed by atoms with Crippen molar-refractivity contribution in [3.63, 3.8) is 0 Å². The number of hydrogen-bond donors (Lipinski definition) is 1. The molecule has 28 heavy (non-hydrogen) atoms. The molecule has 4 rings (SSSR count). The summed E-state index contributed by atoms with van der Waals surface area (Å²) < 4.78 is 0. The van der Waals surface area contributed by atoms with E-state index in [1.54, 1.807) is 5.57 Å². The summed E-state index contributed by atoms with van der Waals surface area (Å²) in [6.45, 7) is 18.0. The van der Waals surface area contributed by atoms with E-state index in [9.17, 15) is 5.11 Å². The third-order valence-electron chi connectivity index (χ3n) is 9.87. The average Bonchev–Trinajstić information content (AvgIpc) is 3.01. The van der Waals surface area contributed by atoms with Crippen LogP contribution in [-0.2, 0) is 0 Å². The van der Waals surface area contributed by atoms with Gasteiger partial charge in [-0.1, -0.05) is 51.5 Å². The molecule has 0 aromatic carbocycles. The SMILES string of the molecule is C/C=C/CC1CCC2C3CC=C4C(CCC(O)C4(C)C)C3(C)CCC12C.C=C. The van der Waals surface area contributed by atoms with E-state index in [-0.39, 0.29) is 11.5 Å². The van der Waals surface area contributed by atoms with Crippen molar-refractivity contribution in [1.29, 1.82) is 0 Å². The first kappa shape index (κ1) is 21.9. The molecule has 0 aromatic heterocycles. The Hall–Kier alpha value is -0.820. The lowest BCUT2D eigenvalue weighted by Crippen LogP contribution is -2.54. The molecule has 0 heterocycles. The Kier molecular flexibility index (Phi) is 6.08. The van der Waals surface area contributed by atoms with E-state index < -0.39 is 0 Å². The molecule has 0 amide bonds. The van der Waals surface area contributed by atoms with Crippen LogP contribution in [0.1, 0.15) is 86.0 Å². The molecule has 3 saturated carbocycles. The van der Waals surface area contributed by atoms with Crippen LogP contribution in [0.25, 0.3) is 0 Å². The molecule has 3 fully saturated rings. The zero-order chi connectivity index (χ0) is 20.7. The number of allylic oxidation sites excluding steroid dienone is 3. The highest BCUT2D eigenvalue weighted by Gasteiger charge is 2.61. The molecule has 0 aliphatic heterocycles. The summed E-state index contributed by atoms with van der Waals surface area (Å²) in [5.74, 6) is 3.36. The predicted molar refractivity (Wildman–Crippen MR) is 121 cm³/mol. The number of aliphatic hydroxyl groups excluding tert-OH is 1. The minimum atomic E-state index is -0.157. The molecular formula is C27H44O. The monoisotopic (exact) mass is 384 g/mol. The molecule has 0 aromatic rings. The fourth-order valence-corrected chi connectivity index (χ4v) is 7.96. The van der Waals surface area contributed by atoms with Crippen LogP contribution in [0.4, 0.5) is 0 Å². The Morgan fingerprint density at radius 2 is 1.68 bits per heavy atom. The van der Waals surface area contributed by atoms with Crippen LogP contribution in [0.15, 0.2) is 37.0 Å². The van der Waals surface area contributed by atoms with Crippen LogP contribution >= 0.6 is 0 Å². The van der Waals surface area contributed by atoms with Crippen molar-refractivity contribution in [2.24, 2.45) is 39.9 Å². The van der Waals surface area contributed by atoms with Gasteiger partial charge in [0.25, 0.3) is 0 Å². The molecule has 1 heteroatoms. The Balaban J connectivity index is 0.00000109. The van der Waals surface area contributed by atoms with Gasteiger partial charge in [0.05, 0.1) is 6.10 Å². The van der Waals surface area contributed by atoms with Crippen LogP contribution in [0, 0.1) is 39.9 Å². The molecule has 0 radical (unpaired) electrons. The van der Waals surface area contributed by atoms with E-state index in [4.69, 9.17) is 0 Å². The molecule has 0 saturated heterocycles. The Morgan fingerprint density at radius 1 is 1.00 bits per heavy atom. The first-order chi connectivity index (χ1) is 13.2. The molecular weight excluding hydrogens is 340 g/mol. The van der Waals surface area contributed by atoms with E-state index in [0.717, 1.165) is 24.2 Å². The highest BCUT2D eigenvalue weighted by Crippen LogP contribution is 2.69. The summed E-state index contributed by atoms with van der Waals surface area (Å²) >= 11 is 0. The number of aliphatic hydroxyl groups is 1. The van der Waals surface area contributed by atoms with Gasteiger partial charge in [0, 0.05) is 5.41 Å². The maximum absolute atomic E-state index is 10.6. The van der Waals surface area contributed by atoms with Gasteiger partial charge in [-0.15, -0.1) is 13.2 Å². The van der Waals surface area contributed by atoms with E-state index >= 15 is 0 Å². The van der Waals surface area contributed by atoms with Crippen LogP contribution < -0.4 is 0 Å². The number of rotatable bonds is 2. The molecule has 1 N–H and O–H groups in total. The second-order valence-electron chi connectivity index (χ2n) is 11.1. The topological polar surface area (TPSA) is 20.2 Å². The van der Waals surface area contributed by atoms with Crippen molar-refractivity contribution in [1.82, 2.24) is 0 Å². The molecule has 0 bridgehead atoms. The highest BCUT2D eigenvalue weighted by molar-refractivity contribution is 5.29. The van der Waals surface area contributed by atoms with Gasteiger partial charge < -0.3 is 5.11 Å².